The Morgan fingerprint density at radius 2 is 1.43 bits per heavy atom. The molecule has 4 aromatic carbocycles. The average molecular weight is 544 g/mol. The van der Waals surface area contributed by atoms with E-state index in [0.717, 1.165) is 44.2 Å². The predicted molar refractivity (Wildman–Crippen MR) is 164 cm³/mol. The van der Waals surface area contributed by atoms with Crippen molar-refractivity contribution in [2.24, 2.45) is 0 Å². The molecule has 5 nitrogen and oxygen atoms in total. The summed E-state index contributed by atoms with van der Waals surface area (Å²) in [5.74, 6) is 0.354. The first-order valence-corrected chi connectivity index (χ1v) is 14.6. The molecule has 2 aromatic heterocycles. The van der Waals surface area contributed by atoms with Crippen molar-refractivity contribution in [3.8, 4) is 22.4 Å². The summed E-state index contributed by atoms with van der Waals surface area (Å²) in [6.07, 6.45) is 1.64. The number of aromatic nitrogens is 2. The van der Waals surface area contributed by atoms with Crippen molar-refractivity contribution < 1.29 is 8.42 Å². The molecule has 1 unspecified atom stereocenters. The Labute approximate surface area is 234 Å². The quantitative estimate of drug-likeness (QED) is 0.192. The van der Waals surface area contributed by atoms with E-state index in [-0.39, 0.29) is 4.90 Å². The maximum atomic E-state index is 14.4. The number of anilines is 1. The molecule has 0 fully saturated rings. The van der Waals surface area contributed by atoms with E-state index < -0.39 is 16.1 Å². The zero-order valence-corrected chi connectivity index (χ0v) is 23.2. The molecule has 0 aliphatic heterocycles. The molecule has 40 heavy (non-hydrogen) atoms. The molecule has 0 radical (unpaired) electrons. The third kappa shape index (κ3) is 4.27. The van der Waals surface area contributed by atoms with Gasteiger partial charge in [-0.15, -0.1) is 11.7 Å². The van der Waals surface area contributed by atoms with Gasteiger partial charge in [0.25, 0.3) is 10.0 Å². The Balaban J connectivity index is 1.77. The Hall–Kier alpha value is -4.68. The highest BCUT2D eigenvalue weighted by Gasteiger charge is 2.34. The second-order valence-electron chi connectivity index (χ2n) is 9.90. The molecule has 0 bridgehead atoms. The van der Waals surface area contributed by atoms with Gasteiger partial charge in [-0.25, -0.2) is 17.2 Å². The molecule has 6 aromatic rings. The van der Waals surface area contributed by atoms with Crippen molar-refractivity contribution >= 4 is 32.1 Å². The van der Waals surface area contributed by atoms with Crippen LogP contribution in [0.3, 0.4) is 0 Å². The lowest BCUT2D eigenvalue weighted by molar-refractivity contribution is 0.586. The summed E-state index contributed by atoms with van der Waals surface area (Å²) in [4.78, 5) is 0.205. The number of benzene rings is 4. The van der Waals surface area contributed by atoms with Crippen LogP contribution in [0.25, 0.3) is 38.7 Å². The fourth-order valence-electron chi connectivity index (χ4n) is 5.16. The van der Waals surface area contributed by atoms with E-state index in [0.29, 0.717) is 5.82 Å². The highest BCUT2D eigenvalue weighted by molar-refractivity contribution is 7.92. The molecule has 0 aliphatic carbocycles. The highest BCUT2D eigenvalue weighted by Crippen LogP contribution is 2.42. The number of sulfonamides is 1. The second kappa shape index (κ2) is 10.1. The van der Waals surface area contributed by atoms with E-state index in [9.17, 15) is 8.42 Å². The maximum absolute atomic E-state index is 14.4. The Kier molecular flexibility index (Phi) is 6.48. The van der Waals surface area contributed by atoms with Gasteiger partial charge in [-0.1, -0.05) is 109 Å². The van der Waals surface area contributed by atoms with Crippen LogP contribution in [0.1, 0.15) is 12.5 Å². The lowest BCUT2D eigenvalue weighted by atomic mass is 10.0. The summed E-state index contributed by atoms with van der Waals surface area (Å²) in [6.45, 7) is 7.72. The standard InChI is InChI=1S/C34H29N3O2S/c1-4-25(3)37(40(38,39)29-21-19-24(2)20-22-29)34-32(27-15-9-6-10-16-27)33-30-18-12-11-17-28(30)23-31(36(33)35-34)26-13-7-5-8-14-26/h4-23,25H,1H2,2-3H3. The molecule has 0 amide bonds. The molecule has 0 aliphatic rings. The molecule has 0 spiro atoms. The third-order valence-corrected chi connectivity index (χ3v) is 9.12. The lowest BCUT2D eigenvalue weighted by Crippen LogP contribution is -2.38. The molecular formula is C34H29N3O2S. The van der Waals surface area contributed by atoms with Crippen LogP contribution in [-0.2, 0) is 10.0 Å². The Morgan fingerprint density at radius 3 is 2.08 bits per heavy atom. The minimum absolute atomic E-state index is 0.205. The van der Waals surface area contributed by atoms with Gasteiger partial charge in [0, 0.05) is 10.9 Å². The van der Waals surface area contributed by atoms with Crippen molar-refractivity contribution in [1.82, 2.24) is 9.61 Å². The van der Waals surface area contributed by atoms with E-state index in [1.807, 2.05) is 103 Å². The molecule has 1 atom stereocenters. The van der Waals surface area contributed by atoms with Crippen molar-refractivity contribution in [2.45, 2.75) is 24.8 Å². The van der Waals surface area contributed by atoms with Crippen molar-refractivity contribution in [1.29, 1.82) is 0 Å². The number of pyridine rings is 1. The van der Waals surface area contributed by atoms with Gasteiger partial charge in [0.05, 0.1) is 27.7 Å². The first-order chi connectivity index (χ1) is 19.4. The predicted octanol–water partition coefficient (Wildman–Crippen LogP) is 7.90. The second-order valence-corrected chi connectivity index (χ2v) is 11.7. The molecule has 0 saturated carbocycles. The maximum Gasteiger partial charge on any atom is 0.266 e. The largest absolute Gasteiger partial charge is 0.266 e. The normalized spacial score (nSPS) is 12.4. The smallest absolute Gasteiger partial charge is 0.241 e. The molecule has 6 heteroatoms. The van der Waals surface area contributed by atoms with E-state index in [4.69, 9.17) is 5.10 Å². The van der Waals surface area contributed by atoms with E-state index >= 15 is 0 Å². The summed E-state index contributed by atoms with van der Waals surface area (Å²) >= 11 is 0. The summed E-state index contributed by atoms with van der Waals surface area (Å²) in [5, 5.41) is 7.14. The molecule has 0 N–H and O–H groups in total. The SMILES string of the molecule is C=CC(C)N(c1nn2c(-c3ccccc3)cc3ccccc3c2c1-c1ccccc1)S(=O)(=O)c1ccc(C)cc1. The van der Waals surface area contributed by atoms with E-state index in [2.05, 4.69) is 24.8 Å². The van der Waals surface area contributed by atoms with Crippen LogP contribution in [0.2, 0.25) is 0 Å². The van der Waals surface area contributed by atoms with Gasteiger partial charge in [-0.05, 0) is 43.0 Å². The van der Waals surface area contributed by atoms with Crippen molar-refractivity contribution in [3.05, 3.63) is 133 Å². The summed E-state index contributed by atoms with van der Waals surface area (Å²) in [5.41, 5.74) is 5.31. The van der Waals surface area contributed by atoms with Crippen LogP contribution in [-0.4, -0.2) is 24.1 Å². The number of fused-ring (bicyclic) bond motifs is 3. The third-order valence-electron chi connectivity index (χ3n) is 7.23. The molecule has 0 saturated heterocycles. The van der Waals surface area contributed by atoms with Crippen LogP contribution in [0.4, 0.5) is 5.82 Å². The number of aryl methyl sites for hydroxylation is 1. The first kappa shape index (κ1) is 25.6. The fourth-order valence-corrected chi connectivity index (χ4v) is 6.75. The number of hydrogen-bond donors (Lipinski definition) is 0. The fraction of sp³-hybridized carbons (Fsp3) is 0.0882. The lowest BCUT2D eigenvalue weighted by Gasteiger charge is -2.27. The van der Waals surface area contributed by atoms with Crippen molar-refractivity contribution in [2.75, 3.05) is 4.31 Å². The van der Waals surface area contributed by atoms with Gasteiger partial charge in [0.15, 0.2) is 5.82 Å². The van der Waals surface area contributed by atoms with Gasteiger partial charge in [0.1, 0.15) is 0 Å². The molecule has 198 valence electrons. The van der Waals surface area contributed by atoms with Crippen molar-refractivity contribution in [3.63, 3.8) is 0 Å². The first-order valence-electron chi connectivity index (χ1n) is 13.2. The van der Waals surface area contributed by atoms with E-state index in [1.165, 1.54) is 4.31 Å². The Bertz CT molecular complexity index is 1950. The van der Waals surface area contributed by atoms with Gasteiger partial charge in [0.2, 0.25) is 0 Å². The number of nitrogens with zero attached hydrogens (tertiary/aromatic N) is 3. The zero-order chi connectivity index (χ0) is 27.9. The summed E-state index contributed by atoms with van der Waals surface area (Å²) in [7, 11) is -4.00. The Morgan fingerprint density at radius 1 is 0.825 bits per heavy atom. The molecular weight excluding hydrogens is 514 g/mol. The number of rotatable bonds is 7. The summed E-state index contributed by atoms with van der Waals surface area (Å²) < 4.78 is 32.0. The van der Waals surface area contributed by atoms with Crippen LogP contribution >= 0.6 is 0 Å². The monoisotopic (exact) mass is 543 g/mol. The average Bonchev–Trinajstić information content (AvgIpc) is 3.37. The summed E-state index contributed by atoms with van der Waals surface area (Å²) in [6, 6.07) is 36.5. The van der Waals surface area contributed by atoms with Gasteiger partial charge in [-0.3, -0.25) is 0 Å². The van der Waals surface area contributed by atoms with Gasteiger partial charge in [-0.2, -0.15) is 0 Å². The molecule has 6 rings (SSSR count). The zero-order valence-electron chi connectivity index (χ0n) is 22.4. The van der Waals surface area contributed by atoms with Crippen LogP contribution in [0.5, 0.6) is 0 Å². The topological polar surface area (TPSA) is 54.7 Å². The van der Waals surface area contributed by atoms with Gasteiger partial charge < -0.3 is 0 Å². The van der Waals surface area contributed by atoms with Crippen LogP contribution in [0, 0.1) is 6.92 Å². The number of hydrogen-bond acceptors (Lipinski definition) is 3. The van der Waals surface area contributed by atoms with Crippen LogP contribution in [0.15, 0.2) is 133 Å². The minimum atomic E-state index is -4.00. The minimum Gasteiger partial charge on any atom is -0.241 e. The molecule has 2 heterocycles. The van der Waals surface area contributed by atoms with Gasteiger partial charge >= 0.3 is 0 Å². The highest BCUT2D eigenvalue weighted by atomic mass is 32.2. The van der Waals surface area contributed by atoms with Crippen LogP contribution < -0.4 is 4.31 Å². The van der Waals surface area contributed by atoms with E-state index in [1.54, 1.807) is 18.2 Å².